The van der Waals surface area contributed by atoms with Crippen LogP contribution >= 0.6 is 11.8 Å². The minimum Gasteiger partial charge on any atom is -0.496 e. The lowest BCUT2D eigenvalue weighted by molar-refractivity contribution is -0.118. The largest absolute Gasteiger partial charge is 0.496 e. The molecule has 2 atom stereocenters. The van der Waals surface area contributed by atoms with E-state index in [-0.39, 0.29) is 24.2 Å². The van der Waals surface area contributed by atoms with Gasteiger partial charge in [0.2, 0.25) is 5.91 Å². The Morgan fingerprint density at radius 2 is 2.21 bits per heavy atom. The topological polar surface area (TPSA) is 62.4 Å². The van der Waals surface area contributed by atoms with Crippen molar-refractivity contribution in [3.63, 3.8) is 0 Å². The van der Waals surface area contributed by atoms with Crippen molar-refractivity contribution < 1.29 is 9.53 Å². The van der Waals surface area contributed by atoms with E-state index >= 15 is 0 Å². The average Bonchev–Trinajstić information content (AvgIpc) is 2.46. The van der Waals surface area contributed by atoms with Gasteiger partial charge in [-0.2, -0.15) is 5.26 Å². The van der Waals surface area contributed by atoms with Crippen LogP contribution in [0.1, 0.15) is 17.9 Å². The van der Waals surface area contributed by atoms with Crippen LogP contribution in [0, 0.1) is 17.2 Å². The standard InChI is InChI=1S/C14H14N2O2S/c1-18-12-6-4-3-5-9(12)10-7-13(17)16-14(19-2)11(10)8-15/h3-6,10-11H,7H2,1-2H3. The fourth-order valence-corrected chi connectivity index (χ4v) is 2.96. The number of nitriles is 1. The molecule has 0 aromatic heterocycles. The number of ether oxygens (including phenoxy) is 1. The molecule has 0 spiro atoms. The quantitative estimate of drug-likeness (QED) is 0.831. The van der Waals surface area contributed by atoms with Gasteiger partial charge in [0.1, 0.15) is 11.7 Å². The Morgan fingerprint density at radius 1 is 1.47 bits per heavy atom. The van der Waals surface area contributed by atoms with Gasteiger partial charge in [-0.25, -0.2) is 4.99 Å². The summed E-state index contributed by atoms with van der Waals surface area (Å²) < 4.78 is 5.33. The molecule has 1 amide bonds. The van der Waals surface area contributed by atoms with Gasteiger partial charge in [0.05, 0.1) is 18.2 Å². The van der Waals surface area contributed by atoms with Crippen LogP contribution in [0.2, 0.25) is 0 Å². The summed E-state index contributed by atoms with van der Waals surface area (Å²) in [5.74, 6) is -0.0349. The number of amides is 1. The number of hydrogen-bond donors (Lipinski definition) is 0. The third-order valence-corrected chi connectivity index (χ3v) is 3.95. The number of hydrogen-bond acceptors (Lipinski definition) is 4. The number of para-hydroxylation sites is 1. The Morgan fingerprint density at radius 3 is 2.84 bits per heavy atom. The number of carbonyl (C=O) groups excluding carboxylic acids is 1. The van der Waals surface area contributed by atoms with Gasteiger partial charge in [0.15, 0.2) is 0 Å². The molecule has 1 aromatic rings. The monoisotopic (exact) mass is 274 g/mol. The SMILES string of the molecule is COc1ccccc1C1CC(=O)N=C(SC)C1C#N. The van der Waals surface area contributed by atoms with Crippen LogP contribution in [0.25, 0.3) is 0 Å². The number of thioether (sulfide) groups is 1. The molecule has 1 aliphatic heterocycles. The summed E-state index contributed by atoms with van der Waals surface area (Å²) in [7, 11) is 1.59. The Labute approximate surface area is 116 Å². The lowest BCUT2D eigenvalue weighted by atomic mass is 9.82. The van der Waals surface area contributed by atoms with Crippen molar-refractivity contribution >= 4 is 22.7 Å². The molecule has 0 fully saturated rings. The molecule has 2 unspecified atom stereocenters. The maximum absolute atomic E-state index is 11.7. The molecule has 1 aromatic carbocycles. The molecule has 1 heterocycles. The van der Waals surface area contributed by atoms with Gasteiger partial charge < -0.3 is 4.74 Å². The zero-order valence-electron chi connectivity index (χ0n) is 10.8. The molecule has 0 bridgehead atoms. The first-order valence-electron chi connectivity index (χ1n) is 5.89. The van der Waals surface area contributed by atoms with E-state index in [1.165, 1.54) is 11.8 Å². The van der Waals surface area contributed by atoms with Crippen molar-refractivity contribution in [3.8, 4) is 11.8 Å². The Kier molecular flexibility index (Phi) is 4.23. The second-order valence-electron chi connectivity index (χ2n) is 4.21. The van der Waals surface area contributed by atoms with E-state index < -0.39 is 0 Å². The van der Waals surface area contributed by atoms with Crippen molar-refractivity contribution in [1.29, 1.82) is 5.26 Å². The van der Waals surface area contributed by atoms with Crippen molar-refractivity contribution in [2.75, 3.05) is 13.4 Å². The molecular formula is C14H14N2O2S. The van der Waals surface area contributed by atoms with Crippen LogP contribution in [0.15, 0.2) is 29.3 Å². The van der Waals surface area contributed by atoms with E-state index in [9.17, 15) is 10.1 Å². The van der Waals surface area contributed by atoms with E-state index in [1.807, 2.05) is 30.5 Å². The number of benzene rings is 1. The molecule has 19 heavy (non-hydrogen) atoms. The summed E-state index contributed by atoms with van der Waals surface area (Å²) in [4.78, 5) is 15.7. The smallest absolute Gasteiger partial charge is 0.247 e. The highest BCUT2D eigenvalue weighted by Gasteiger charge is 2.35. The van der Waals surface area contributed by atoms with Gasteiger partial charge in [0, 0.05) is 12.3 Å². The molecule has 5 heteroatoms. The summed E-state index contributed by atoms with van der Waals surface area (Å²) >= 11 is 1.36. The van der Waals surface area contributed by atoms with E-state index in [1.54, 1.807) is 7.11 Å². The van der Waals surface area contributed by atoms with Crippen LogP contribution in [-0.2, 0) is 4.79 Å². The second kappa shape index (κ2) is 5.89. The van der Waals surface area contributed by atoms with Crippen LogP contribution in [0.3, 0.4) is 0 Å². The van der Waals surface area contributed by atoms with Crippen LogP contribution in [-0.4, -0.2) is 24.3 Å². The Hall–Kier alpha value is -1.80. The van der Waals surface area contributed by atoms with Crippen LogP contribution in [0.4, 0.5) is 0 Å². The number of aliphatic imine (C=N–C) groups is 1. The zero-order chi connectivity index (χ0) is 13.8. The lowest BCUT2D eigenvalue weighted by Crippen LogP contribution is -2.27. The van der Waals surface area contributed by atoms with Gasteiger partial charge in [-0.3, -0.25) is 4.79 Å². The molecule has 0 saturated heterocycles. The van der Waals surface area contributed by atoms with Gasteiger partial charge in [-0.05, 0) is 17.9 Å². The number of nitrogens with zero attached hydrogens (tertiary/aromatic N) is 2. The van der Waals surface area contributed by atoms with E-state index in [2.05, 4.69) is 11.1 Å². The van der Waals surface area contributed by atoms with Gasteiger partial charge >= 0.3 is 0 Å². The first-order valence-corrected chi connectivity index (χ1v) is 7.11. The summed E-state index contributed by atoms with van der Waals surface area (Å²) in [5.41, 5.74) is 0.895. The third kappa shape index (κ3) is 2.64. The van der Waals surface area contributed by atoms with Gasteiger partial charge in [-0.15, -0.1) is 11.8 Å². The van der Waals surface area contributed by atoms with Crippen molar-refractivity contribution in [2.45, 2.75) is 12.3 Å². The average molecular weight is 274 g/mol. The van der Waals surface area contributed by atoms with E-state index in [4.69, 9.17) is 4.74 Å². The predicted molar refractivity (Wildman–Crippen MR) is 75.4 cm³/mol. The molecule has 0 saturated carbocycles. The molecular weight excluding hydrogens is 260 g/mol. The maximum atomic E-state index is 11.7. The summed E-state index contributed by atoms with van der Waals surface area (Å²) in [6, 6.07) is 9.78. The summed E-state index contributed by atoms with van der Waals surface area (Å²) in [6.45, 7) is 0. The van der Waals surface area contributed by atoms with Gasteiger partial charge in [-0.1, -0.05) is 18.2 Å². The molecule has 1 aliphatic rings. The third-order valence-electron chi connectivity index (χ3n) is 3.18. The number of carbonyl (C=O) groups is 1. The van der Waals surface area contributed by atoms with Crippen molar-refractivity contribution in [2.24, 2.45) is 10.9 Å². The highest BCUT2D eigenvalue weighted by atomic mass is 32.2. The molecule has 4 nitrogen and oxygen atoms in total. The van der Waals surface area contributed by atoms with Crippen molar-refractivity contribution in [1.82, 2.24) is 0 Å². The fraction of sp³-hybridized carbons (Fsp3) is 0.357. The highest BCUT2D eigenvalue weighted by Crippen LogP contribution is 2.39. The predicted octanol–water partition coefficient (Wildman–Crippen LogP) is 2.61. The van der Waals surface area contributed by atoms with Crippen LogP contribution in [0.5, 0.6) is 5.75 Å². The van der Waals surface area contributed by atoms with E-state index in [0.29, 0.717) is 10.8 Å². The Bertz CT molecular complexity index is 563. The zero-order valence-corrected chi connectivity index (χ0v) is 11.6. The minimum atomic E-state index is -0.385. The van der Waals surface area contributed by atoms with E-state index in [0.717, 1.165) is 5.56 Å². The molecule has 0 radical (unpaired) electrons. The van der Waals surface area contributed by atoms with Crippen LogP contribution < -0.4 is 4.74 Å². The lowest BCUT2D eigenvalue weighted by Gasteiger charge is -2.26. The summed E-state index contributed by atoms with van der Waals surface area (Å²) in [5, 5.41) is 9.97. The van der Waals surface area contributed by atoms with Gasteiger partial charge in [0.25, 0.3) is 0 Å². The first kappa shape index (κ1) is 13.6. The second-order valence-corrected chi connectivity index (χ2v) is 5.03. The molecule has 2 rings (SSSR count). The highest BCUT2D eigenvalue weighted by molar-refractivity contribution is 8.13. The fourth-order valence-electron chi connectivity index (χ4n) is 2.30. The summed E-state index contributed by atoms with van der Waals surface area (Å²) in [6.07, 6.45) is 2.09. The molecule has 0 N–H and O–H groups in total. The maximum Gasteiger partial charge on any atom is 0.247 e. The number of rotatable bonds is 2. The molecule has 0 aliphatic carbocycles. The normalized spacial score (nSPS) is 22.6. The molecule has 98 valence electrons. The minimum absolute atomic E-state index is 0.174. The first-order chi connectivity index (χ1) is 9.21. The van der Waals surface area contributed by atoms with Crippen molar-refractivity contribution in [3.05, 3.63) is 29.8 Å². The Balaban J connectivity index is 2.46. The number of methoxy groups -OCH3 is 1.